The van der Waals surface area contributed by atoms with E-state index in [0.717, 1.165) is 49.6 Å². The molecule has 1 saturated carbocycles. The highest BCUT2D eigenvalue weighted by Gasteiger charge is 2.21. The number of hydrogen-bond acceptors (Lipinski definition) is 4. The fourth-order valence-electron chi connectivity index (χ4n) is 2.14. The number of aliphatic imine (C=N–C) groups is 1. The molecule has 1 aliphatic carbocycles. The fourth-order valence-corrected chi connectivity index (χ4v) is 2.14. The summed E-state index contributed by atoms with van der Waals surface area (Å²) in [6.07, 6.45) is 2.66. The maximum atomic E-state index is 5.70. The fraction of sp³-hybridized carbons (Fsp3) is 0.765. The van der Waals surface area contributed by atoms with Gasteiger partial charge in [0, 0.05) is 32.8 Å². The third kappa shape index (κ3) is 6.22. The van der Waals surface area contributed by atoms with Gasteiger partial charge in [-0.15, -0.1) is 0 Å². The third-order valence-corrected chi connectivity index (χ3v) is 3.87. The van der Waals surface area contributed by atoms with Crippen LogP contribution in [-0.2, 0) is 11.3 Å². The lowest BCUT2D eigenvalue weighted by atomic mass is 10.1. The quantitative estimate of drug-likeness (QED) is 0.430. The summed E-state index contributed by atoms with van der Waals surface area (Å²) in [6, 6.07) is 1.98. The van der Waals surface area contributed by atoms with Crippen molar-refractivity contribution in [2.75, 3.05) is 33.4 Å². The number of nitrogens with one attached hydrogen (secondary N) is 1. The summed E-state index contributed by atoms with van der Waals surface area (Å²) >= 11 is 0. The Bertz CT molecular complexity index is 495. The average Bonchev–Trinajstić information content (AvgIpc) is 3.22. The second-order valence-electron chi connectivity index (χ2n) is 6.48. The average molecular weight is 322 g/mol. The normalized spacial score (nSPS) is 15.3. The molecule has 0 bridgehead atoms. The van der Waals surface area contributed by atoms with Crippen molar-refractivity contribution in [2.24, 2.45) is 10.9 Å². The van der Waals surface area contributed by atoms with E-state index >= 15 is 0 Å². The molecule has 0 atom stereocenters. The van der Waals surface area contributed by atoms with Crippen molar-refractivity contribution in [3.05, 3.63) is 17.5 Å². The Labute approximate surface area is 139 Å². The van der Waals surface area contributed by atoms with Crippen molar-refractivity contribution in [3.8, 4) is 0 Å². The van der Waals surface area contributed by atoms with Gasteiger partial charge in [-0.25, -0.2) is 4.99 Å². The summed E-state index contributed by atoms with van der Waals surface area (Å²) in [4.78, 5) is 6.72. The minimum atomic E-state index is 0.371. The van der Waals surface area contributed by atoms with Crippen LogP contribution in [0.2, 0.25) is 0 Å². The molecule has 130 valence electrons. The predicted octanol–water partition coefficient (Wildman–Crippen LogP) is 2.62. The number of nitrogens with zero attached hydrogens (tertiary/aromatic N) is 3. The van der Waals surface area contributed by atoms with E-state index in [1.165, 1.54) is 12.8 Å². The monoisotopic (exact) mass is 322 g/mol. The Hall–Kier alpha value is -1.56. The first-order valence-corrected chi connectivity index (χ1v) is 8.62. The molecule has 0 spiro atoms. The number of aromatic nitrogens is 1. The van der Waals surface area contributed by atoms with Gasteiger partial charge in [0.05, 0.1) is 12.3 Å². The predicted molar refractivity (Wildman–Crippen MR) is 91.6 cm³/mol. The smallest absolute Gasteiger partial charge is 0.194 e. The summed E-state index contributed by atoms with van der Waals surface area (Å²) < 4.78 is 11.0. The van der Waals surface area contributed by atoms with Crippen LogP contribution in [0.25, 0.3) is 0 Å². The Morgan fingerprint density at radius 3 is 2.91 bits per heavy atom. The topological polar surface area (TPSA) is 62.9 Å². The van der Waals surface area contributed by atoms with Crippen LogP contribution in [-0.4, -0.2) is 49.4 Å². The Kier molecular flexibility index (Phi) is 6.89. The van der Waals surface area contributed by atoms with Crippen molar-refractivity contribution in [1.82, 2.24) is 15.4 Å². The van der Waals surface area contributed by atoms with Crippen molar-refractivity contribution < 1.29 is 9.26 Å². The molecule has 0 saturated heterocycles. The molecule has 1 aromatic rings. The van der Waals surface area contributed by atoms with E-state index in [9.17, 15) is 0 Å². The van der Waals surface area contributed by atoms with Gasteiger partial charge in [0.2, 0.25) is 0 Å². The molecule has 6 heteroatoms. The van der Waals surface area contributed by atoms with Gasteiger partial charge in [0.15, 0.2) is 11.7 Å². The summed E-state index contributed by atoms with van der Waals surface area (Å²) in [7, 11) is 2.03. The molecular formula is C17H30N4O2. The van der Waals surface area contributed by atoms with E-state index in [-0.39, 0.29) is 0 Å². The molecule has 1 N–H and O–H groups in total. The molecule has 1 aliphatic rings. The van der Waals surface area contributed by atoms with E-state index < -0.39 is 0 Å². The van der Waals surface area contributed by atoms with E-state index in [1.54, 1.807) is 0 Å². The first-order chi connectivity index (χ1) is 11.1. The van der Waals surface area contributed by atoms with Gasteiger partial charge in [0.1, 0.15) is 6.54 Å². The Morgan fingerprint density at radius 1 is 1.52 bits per heavy atom. The maximum absolute atomic E-state index is 5.70. The number of hydrogen-bond donors (Lipinski definition) is 1. The highest BCUT2D eigenvalue weighted by molar-refractivity contribution is 5.79. The van der Waals surface area contributed by atoms with Crippen LogP contribution in [0, 0.1) is 5.92 Å². The van der Waals surface area contributed by atoms with Gasteiger partial charge in [-0.2, -0.15) is 0 Å². The van der Waals surface area contributed by atoms with Crippen LogP contribution >= 0.6 is 0 Å². The lowest BCUT2D eigenvalue weighted by Crippen LogP contribution is -2.40. The molecule has 1 heterocycles. The van der Waals surface area contributed by atoms with Crippen LogP contribution in [0.1, 0.15) is 51.0 Å². The minimum Gasteiger partial charge on any atom is -0.379 e. The van der Waals surface area contributed by atoms with Gasteiger partial charge < -0.3 is 19.5 Å². The summed E-state index contributed by atoms with van der Waals surface area (Å²) in [6.45, 7) is 10.1. The number of rotatable bonds is 9. The second kappa shape index (κ2) is 8.91. The molecule has 1 fully saturated rings. The standard InChI is InChI=1S/C17H30N4O2/c1-5-18-17(21(4)8-9-22-12-14-6-7-14)19-11-15-10-16(13(2)3)20-23-15/h10,13-14H,5-9,11-12H2,1-4H3,(H,18,19). The van der Waals surface area contributed by atoms with E-state index in [1.807, 2.05) is 13.1 Å². The van der Waals surface area contributed by atoms with Crippen molar-refractivity contribution in [1.29, 1.82) is 0 Å². The lowest BCUT2D eigenvalue weighted by molar-refractivity contribution is 0.115. The molecule has 0 aromatic carbocycles. The van der Waals surface area contributed by atoms with Crippen LogP contribution in [0.5, 0.6) is 0 Å². The Balaban J connectivity index is 1.81. The largest absolute Gasteiger partial charge is 0.379 e. The zero-order chi connectivity index (χ0) is 16.7. The van der Waals surface area contributed by atoms with E-state index in [4.69, 9.17) is 9.26 Å². The molecule has 23 heavy (non-hydrogen) atoms. The SMILES string of the molecule is CCNC(=NCc1cc(C(C)C)no1)N(C)CCOCC1CC1. The zero-order valence-corrected chi connectivity index (χ0v) is 14.8. The van der Waals surface area contributed by atoms with Crippen LogP contribution in [0.3, 0.4) is 0 Å². The highest BCUT2D eigenvalue weighted by Crippen LogP contribution is 2.28. The molecule has 0 aliphatic heterocycles. The minimum absolute atomic E-state index is 0.371. The summed E-state index contributed by atoms with van der Waals surface area (Å²) in [5.74, 6) is 2.84. The second-order valence-corrected chi connectivity index (χ2v) is 6.48. The third-order valence-electron chi connectivity index (χ3n) is 3.87. The van der Waals surface area contributed by atoms with Crippen molar-refractivity contribution in [2.45, 2.75) is 46.1 Å². The van der Waals surface area contributed by atoms with E-state index in [2.05, 4.69) is 41.1 Å². The molecule has 2 rings (SSSR count). The van der Waals surface area contributed by atoms with Gasteiger partial charge in [-0.3, -0.25) is 0 Å². The van der Waals surface area contributed by atoms with Gasteiger partial charge in [-0.05, 0) is 31.6 Å². The van der Waals surface area contributed by atoms with Crippen LogP contribution < -0.4 is 5.32 Å². The highest BCUT2D eigenvalue weighted by atomic mass is 16.5. The molecule has 0 amide bonds. The first-order valence-electron chi connectivity index (χ1n) is 8.62. The molecule has 0 radical (unpaired) electrons. The number of ether oxygens (including phenoxy) is 1. The van der Waals surface area contributed by atoms with Gasteiger partial charge >= 0.3 is 0 Å². The lowest BCUT2D eigenvalue weighted by Gasteiger charge is -2.21. The Morgan fingerprint density at radius 2 is 2.30 bits per heavy atom. The molecule has 1 aromatic heterocycles. The molecule has 6 nitrogen and oxygen atoms in total. The zero-order valence-electron chi connectivity index (χ0n) is 14.8. The first kappa shape index (κ1) is 17.8. The van der Waals surface area contributed by atoms with Crippen LogP contribution in [0.15, 0.2) is 15.6 Å². The maximum Gasteiger partial charge on any atom is 0.194 e. The molecule has 0 unspecified atom stereocenters. The van der Waals surface area contributed by atoms with Crippen LogP contribution in [0.4, 0.5) is 0 Å². The summed E-state index contributed by atoms with van der Waals surface area (Å²) in [5, 5.41) is 7.37. The van der Waals surface area contributed by atoms with Gasteiger partial charge in [0.25, 0.3) is 0 Å². The number of guanidine groups is 1. The summed E-state index contributed by atoms with van der Waals surface area (Å²) in [5.41, 5.74) is 0.974. The molecular weight excluding hydrogens is 292 g/mol. The van der Waals surface area contributed by atoms with Crippen molar-refractivity contribution in [3.63, 3.8) is 0 Å². The van der Waals surface area contributed by atoms with Crippen molar-refractivity contribution >= 4 is 5.96 Å². The van der Waals surface area contributed by atoms with E-state index in [0.29, 0.717) is 12.5 Å². The van der Waals surface area contributed by atoms with Gasteiger partial charge in [-0.1, -0.05) is 19.0 Å². The number of likely N-dealkylation sites (N-methyl/N-ethyl adjacent to an activating group) is 1.